The first-order valence-corrected chi connectivity index (χ1v) is 6.39. The molecule has 0 aromatic rings. The van der Waals surface area contributed by atoms with Gasteiger partial charge in [0.1, 0.15) is 5.92 Å². The number of hydrogen-bond acceptors (Lipinski definition) is 2. The van der Waals surface area contributed by atoms with Crippen LogP contribution in [-0.4, -0.2) is 11.9 Å². The third kappa shape index (κ3) is 3.52. The number of rotatable bonds is 4. The monoisotopic (exact) mass is 222 g/mol. The molecule has 1 amide bonds. The molecule has 1 aliphatic rings. The van der Waals surface area contributed by atoms with Gasteiger partial charge in [-0.05, 0) is 32.1 Å². The first-order valence-electron chi connectivity index (χ1n) is 6.39. The van der Waals surface area contributed by atoms with Gasteiger partial charge < -0.3 is 5.32 Å². The highest BCUT2D eigenvalue weighted by atomic mass is 16.1. The molecule has 3 nitrogen and oxygen atoms in total. The maximum atomic E-state index is 11.7. The fraction of sp³-hybridized carbons (Fsp3) is 0.846. The SMILES string of the molecule is CCC(C#N)C(=O)NC(C)C1CCCCC1. The maximum absolute atomic E-state index is 11.7. The van der Waals surface area contributed by atoms with Gasteiger partial charge in [-0.25, -0.2) is 0 Å². The molecule has 1 aliphatic carbocycles. The molecular formula is C13H22N2O. The van der Waals surface area contributed by atoms with Crippen LogP contribution in [0.25, 0.3) is 0 Å². The summed E-state index contributed by atoms with van der Waals surface area (Å²) in [6.45, 7) is 3.94. The van der Waals surface area contributed by atoms with E-state index in [1.165, 1.54) is 32.1 Å². The van der Waals surface area contributed by atoms with Crippen molar-refractivity contribution in [2.45, 2.75) is 58.4 Å². The lowest BCUT2D eigenvalue weighted by atomic mass is 9.84. The predicted molar refractivity (Wildman–Crippen MR) is 63.6 cm³/mol. The van der Waals surface area contributed by atoms with E-state index in [0.29, 0.717) is 12.3 Å². The van der Waals surface area contributed by atoms with Gasteiger partial charge in [0, 0.05) is 6.04 Å². The molecule has 0 radical (unpaired) electrons. The smallest absolute Gasteiger partial charge is 0.237 e. The van der Waals surface area contributed by atoms with Gasteiger partial charge in [-0.15, -0.1) is 0 Å². The summed E-state index contributed by atoms with van der Waals surface area (Å²) in [6.07, 6.45) is 6.91. The van der Waals surface area contributed by atoms with Crippen molar-refractivity contribution in [1.82, 2.24) is 5.32 Å². The molecule has 2 unspecified atom stereocenters. The largest absolute Gasteiger partial charge is 0.352 e. The number of nitrogens with one attached hydrogen (secondary N) is 1. The zero-order valence-corrected chi connectivity index (χ0v) is 10.3. The summed E-state index contributed by atoms with van der Waals surface area (Å²) in [5.41, 5.74) is 0. The van der Waals surface area contributed by atoms with Crippen molar-refractivity contribution in [3.8, 4) is 6.07 Å². The average Bonchev–Trinajstić information content (AvgIpc) is 2.31. The molecule has 0 aliphatic heterocycles. The molecular weight excluding hydrogens is 200 g/mol. The Morgan fingerprint density at radius 1 is 1.44 bits per heavy atom. The van der Waals surface area contributed by atoms with Crippen LogP contribution in [0, 0.1) is 23.2 Å². The molecule has 3 heteroatoms. The zero-order valence-electron chi connectivity index (χ0n) is 10.3. The van der Waals surface area contributed by atoms with Gasteiger partial charge in [-0.3, -0.25) is 4.79 Å². The lowest BCUT2D eigenvalue weighted by Crippen LogP contribution is -2.41. The lowest BCUT2D eigenvalue weighted by Gasteiger charge is -2.28. The Bertz CT molecular complexity index is 264. The molecule has 16 heavy (non-hydrogen) atoms. The van der Waals surface area contributed by atoms with E-state index in [1.807, 2.05) is 13.0 Å². The van der Waals surface area contributed by atoms with Crippen LogP contribution in [-0.2, 0) is 4.79 Å². The third-order valence-corrected chi connectivity index (χ3v) is 3.61. The molecule has 1 saturated carbocycles. The highest BCUT2D eigenvalue weighted by Crippen LogP contribution is 2.26. The van der Waals surface area contributed by atoms with E-state index in [2.05, 4.69) is 12.2 Å². The Balaban J connectivity index is 2.40. The number of hydrogen-bond donors (Lipinski definition) is 1. The molecule has 2 atom stereocenters. The van der Waals surface area contributed by atoms with E-state index in [4.69, 9.17) is 5.26 Å². The molecule has 0 spiro atoms. The Kier molecular flexibility index (Phi) is 5.31. The second-order valence-electron chi connectivity index (χ2n) is 4.79. The van der Waals surface area contributed by atoms with Crippen LogP contribution in [0.15, 0.2) is 0 Å². The van der Waals surface area contributed by atoms with Gasteiger partial charge in [0.2, 0.25) is 5.91 Å². The summed E-state index contributed by atoms with van der Waals surface area (Å²) in [6, 6.07) is 2.27. The van der Waals surface area contributed by atoms with Crippen LogP contribution in [0.3, 0.4) is 0 Å². The van der Waals surface area contributed by atoms with Gasteiger partial charge in [0.25, 0.3) is 0 Å². The lowest BCUT2D eigenvalue weighted by molar-refractivity contribution is -0.124. The first kappa shape index (κ1) is 13.0. The molecule has 0 bridgehead atoms. The fourth-order valence-electron chi connectivity index (χ4n) is 2.41. The van der Waals surface area contributed by atoms with E-state index in [0.717, 1.165) is 0 Å². The first-order chi connectivity index (χ1) is 7.69. The van der Waals surface area contributed by atoms with Crippen LogP contribution in [0.2, 0.25) is 0 Å². The van der Waals surface area contributed by atoms with E-state index >= 15 is 0 Å². The van der Waals surface area contributed by atoms with E-state index < -0.39 is 5.92 Å². The van der Waals surface area contributed by atoms with Crippen molar-refractivity contribution in [3.05, 3.63) is 0 Å². The van der Waals surface area contributed by atoms with Crippen LogP contribution in [0.1, 0.15) is 52.4 Å². The quantitative estimate of drug-likeness (QED) is 0.795. The minimum Gasteiger partial charge on any atom is -0.352 e. The normalized spacial score (nSPS) is 20.8. The van der Waals surface area contributed by atoms with Gasteiger partial charge in [-0.1, -0.05) is 26.2 Å². The molecule has 0 aromatic heterocycles. The second kappa shape index (κ2) is 6.52. The number of carbonyl (C=O) groups is 1. The molecule has 0 heterocycles. The average molecular weight is 222 g/mol. The molecule has 0 saturated heterocycles. The van der Waals surface area contributed by atoms with Crippen LogP contribution in [0.5, 0.6) is 0 Å². The van der Waals surface area contributed by atoms with Crippen molar-refractivity contribution >= 4 is 5.91 Å². The standard InChI is InChI=1S/C13H22N2O/c1-3-11(9-14)13(16)15-10(2)12-7-5-4-6-8-12/h10-12H,3-8H2,1-2H3,(H,15,16). The Labute approximate surface area is 98.2 Å². The molecule has 0 aromatic carbocycles. The maximum Gasteiger partial charge on any atom is 0.237 e. The zero-order chi connectivity index (χ0) is 12.0. The number of amides is 1. The molecule has 1 fully saturated rings. The van der Waals surface area contributed by atoms with Gasteiger partial charge in [0.15, 0.2) is 0 Å². The summed E-state index contributed by atoms with van der Waals surface area (Å²) in [4.78, 5) is 11.7. The van der Waals surface area contributed by atoms with Crippen LogP contribution < -0.4 is 5.32 Å². The van der Waals surface area contributed by atoms with Crippen LogP contribution in [0.4, 0.5) is 0 Å². The summed E-state index contributed by atoms with van der Waals surface area (Å²) in [7, 11) is 0. The van der Waals surface area contributed by atoms with Crippen molar-refractivity contribution in [1.29, 1.82) is 5.26 Å². The van der Waals surface area contributed by atoms with Crippen molar-refractivity contribution < 1.29 is 4.79 Å². The van der Waals surface area contributed by atoms with Crippen LogP contribution >= 0.6 is 0 Å². The summed E-state index contributed by atoms with van der Waals surface area (Å²) in [5, 5.41) is 11.8. The third-order valence-electron chi connectivity index (χ3n) is 3.61. The van der Waals surface area contributed by atoms with E-state index in [1.54, 1.807) is 0 Å². The van der Waals surface area contributed by atoms with E-state index in [9.17, 15) is 4.79 Å². The molecule has 1 rings (SSSR count). The van der Waals surface area contributed by atoms with Gasteiger partial charge >= 0.3 is 0 Å². The highest BCUT2D eigenvalue weighted by Gasteiger charge is 2.24. The molecule has 90 valence electrons. The fourth-order valence-corrected chi connectivity index (χ4v) is 2.41. The number of nitriles is 1. The topological polar surface area (TPSA) is 52.9 Å². The summed E-state index contributed by atoms with van der Waals surface area (Å²) < 4.78 is 0. The van der Waals surface area contributed by atoms with Crippen molar-refractivity contribution in [3.63, 3.8) is 0 Å². The summed E-state index contributed by atoms with van der Waals surface area (Å²) >= 11 is 0. The highest BCUT2D eigenvalue weighted by molar-refractivity contribution is 5.81. The minimum absolute atomic E-state index is 0.0944. The van der Waals surface area contributed by atoms with Crippen molar-refractivity contribution in [2.75, 3.05) is 0 Å². The Morgan fingerprint density at radius 3 is 2.56 bits per heavy atom. The van der Waals surface area contributed by atoms with Gasteiger partial charge in [0.05, 0.1) is 6.07 Å². The van der Waals surface area contributed by atoms with Gasteiger partial charge in [-0.2, -0.15) is 5.26 Å². The molecule has 1 N–H and O–H groups in total. The minimum atomic E-state index is -0.481. The Hall–Kier alpha value is -1.04. The number of nitrogens with zero attached hydrogens (tertiary/aromatic N) is 1. The number of carbonyl (C=O) groups excluding carboxylic acids is 1. The second-order valence-corrected chi connectivity index (χ2v) is 4.79. The van der Waals surface area contributed by atoms with Crippen molar-refractivity contribution in [2.24, 2.45) is 11.8 Å². The summed E-state index contributed by atoms with van der Waals surface area (Å²) in [5.74, 6) is 0.0306. The predicted octanol–water partition coefficient (Wildman–Crippen LogP) is 2.62. The Morgan fingerprint density at radius 2 is 2.06 bits per heavy atom. The van der Waals surface area contributed by atoms with E-state index in [-0.39, 0.29) is 11.9 Å².